The molecule has 0 radical (unpaired) electrons. The average Bonchev–Trinajstić information content (AvgIpc) is 2.41. The highest BCUT2D eigenvalue weighted by Gasteiger charge is 2.12. The van der Waals surface area contributed by atoms with Crippen LogP contribution in [0.25, 0.3) is 5.65 Å². The summed E-state index contributed by atoms with van der Waals surface area (Å²) in [5.41, 5.74) is 8.23. The molecule has 70 valence electrons. The number of nitrogen functional groups attached to an aromatic ring is 1. The molecule has 0 spiro atoms. The third-order valence-corrected chi connectivity index (χ3v) is 2.03. The molecule has 2 aromatic rings. The van der Waals surface area contributed by atoms with Crippen LogP contribution < -0.4 is 5.73 Å². The summed E-state index contributed by atoms with van der Waals surface area (Å²) in [7, 11) is 0. The Labute approximate surface area is 80.8 Å². The van der Waals surface area contributed by atoms with Crippen LogP contribution in [0.5, 0.6) is 0 Å². The fourth-order valence-electron chi connectivity index (χ4n) is 1.44. The fourth-order valence-corrected chi connectivity index (χ4v) is 1.44. The molecule has 5 heteroatoms. The molecule has 0 atom stereocenters. The average molecular weight is 187 g/mol. The van der Waals surface area contributed by atoms with Gasteiger partial charge in [0, 0.05) is 11.4 Å². The van der Waals surface area contributed by atoms with Gasteiger partial charge in [-0.3, -0.25) is 0 Å². The normalized spacial score (nSPS) is 10.4. The number of nitrogens with two attached hydrogens (primary N) is 1. The van der Waals surface area contributed by atoms with E-state index in [-0.39, 0.29) is 5.82 Å². The summed E-state index contributed by atoms with van der Waals surface area (Å²) in [6, 6.07) is 3.89. The quantitative estimate of drug-likeness (QED) is 0.661. The number of nitriles is 1. The zero-order chi connectivity index (χ0) is 10.3. The van der Waals surface area contributed by atoms with Gasteiger partial charge in [0.25, 0.3) is 0 Å². The second-order valence-corrected chi connectivity index (χ2v) is 3.15. The van der Waals surface area contributed by atoms with Crippen LogP contribution in [0, 0.1) is 25.2 Å². The lowest BCUT2D eigenvalue weighted by Gasteiger charge is -1.99. The Balaban J connectivity index is 2.97. The highest BCUT2D eigenvalue weighted by molar-refractivity contribution is 5.66. The maximum absolute atomic E-state index is 8.86. The van der Waals surface area contributed by atoms with Crippen LogP contribution in [0.4, 0.5) is 5.82 Å². The highest BCUT2D eigenvalue weighted by Crippen LogP contribution is 2.16. The summed E-state index contributed by atoms with van der Waals surface area (Å²) in [5, 5.41) is 12.9. The van der Waals surface area contributed by atoms with Gasteiger partial charge >= 0.3 is 0 Å². The molecule has 2 heterocycles. The van der Waals surface area contributed by atoms with Crippen molar-refractivity contribution in [2.24, 2.45) is 0 Å². The van der Waals surface area contributed by atoms with Gasteiger partial charge in [-0.15, -0.1) is 5.10 Å². The van der Waals surface area contributed by atoms with E-state index in [0.29, 0.717) is 11.2 Å². The van der Waals surface area contributed by atoms with Gasteiger partial charge in [0.05, 0.1) is 0 Å². The number of nitrogens with zero attached hydrogens (tertiary/aromatic N) is 4. The Kier molecular flexibility index (Phi) is 1.64. The molecule has 14 heavy (non-hydrogen) atoms. The van der Waals surface area contributed by atoms with E-state index in [1.54, 1.807) is 4.52 Å². The molecular formula is C9H9N5. The topological polar surface area (TPSA) is 80.0 Å². The van der Waals surface area contributed by atoms with Crippen LogP contribution in [0.1, 0.15) is 17.0 Å². The second kappa shape index (κ2) is 2.70. The largest absolute Gasteiger partial charge is 0.381 e. The smallest absolute Gasteiger partial charge is 0.175 e. The molecule has 5 nitrogen and oxygen atoms in total. The van der Waals surface area contributed by atoms with Crippen LogP contribution in [-0.2, 0) is 0 Å². The lowest BCUT2D eigenvalue weighted by atomic mass is 10.3. The van der Waals surface area contributed by atoms with Crippen molar-refractivity contribution in [3.8, 4) is 6.07 Å². The summed E-state index contributed by atoms with van der Waals surface area (Å²) in [6.45, 7) is 3.77. The number of aromatic nitrogens is 3. The molecule has 0 unspecified atom stereocenters. The molecule has 0 bridgehead atoms. The van der Waals surface area contributed by atoms with Gasteiger partial charge in [0.2, 0.25) is 0 Å². The number of hydrogen-bond donors (Lipinski definition) is 1. The second-order valence-electron chi connectivity index (χ2n) is 3.15. The highest BCUT2D eigenvalue weighted by atomic mass is 15.3. The van der Waals surface area contributed by atoms with Gasteiger partial charge in [-0.05, 0) is 19.9 Å². The van der Waals surface area contributed by atoms with E-state index in [2.05, 4.69) is 10.1 Å². The van der Waals surface area contributed by atoms with Crippen molar-refractivity contribution in [3.05, 3.63) is 23.0 Å². The van der Waals surface area contributed by atoms with Crippen LogP contribution in [0.15, 0.2) is 6.07 Å². The molecule has 0 aliphatic rings. The van der Waals surface area contributed by atoms with Crippen molar-refractivity contribution < 1.29 is 0 Å². The zero-order valence-electron chi connectivity index (χ0n) is 7.94. The number of rotatable bonds is 0. The van der Waals surface area contributed by atoms with Crippen molar-refractivity contribution in [2.75, 3.05) is 5.73 Å². The van der Waals surface area contributed by atoms with Crippen molar-refractivity contribution in [1.29, 1.82) is 5.26 Å². The van der Waals surface area contributed by atoms with E-state index in [1.807, 2.05) is 26.0 Å². The molecule has 2 aromatic heterocycles. The Bertz CT molecular complexity index is 546. The van der Waals surface area contributed by atoms with Gasteiger partial charge < -0.3 is 5.73 Å². The van der Waals surface area contributed by atoms with Gasteiger partial charge in [0.15, 0.2) is 11.5 Å². The fraction of sp³-hybridized carbons (Fsp3) is 0.222. The first-order chi connectivity index (χ1) is 6.63. The predicted octanol–water partition coefficient (Wildman–Crippen LogP) is 0.800. The summed E-state index contributed by atoms with van der Waals surface area (Å²) in [4.78, 5) is 4.23. The molecule has 0 aliphatic carbocycles. The van der Waals surface area contributed by atoms with E-state index in [1.165, 1.54) is 0 Å². The van der Waals surface area contributed by atoms with Gasteiger partial charge in [-0.2, -0.15) is 5.26 Å². The summed E-state index contributed by atoms with van der Waals surface area (Å²) < 4.78 is 1.58. The molecule has 0 aromatic carbocycles. The molecule has 0 aliphatic heterocycles. The minimum Gasteiger partial charge on any atom is -0.381 e. The third-order valence-electron chi connectivity index (χ3n) is 2.03. The molecule has 0 saturated heterocycles. The lowest BCUT2D eigenvalue weighted by Crippen LogP contribution is -1.97. The first-order valence-corrected chi connectivity index (χ1v) is 4.16. The zero-order valence-corrected chi connectivity index (χ0v) is 7.94. The minimum absolute atomic E-state index is 0.230. The number of aryl methyl sites for hydroxylation is 2. The Morgan fingerprint density at radius 1 is 1.50 bits per heavy atom. The summed E-state index contributed by atoms with van der Waals surface area (Å²) >= 11 is 0. The van der Waals surface area contributed by atoms with Gasteiger partial charge in [-0.1, -0.05) is 0 Å². The summed E-state index contributed by atoms with van der Waals surface area (Å²) in [6.07, 6.45) is 0. The predicted molar refractivity (Wildman–Crippen MR) is 51.6 cm³/mol. The van der Waals surface area contributed by atoms with Crippen LogP contribution in [0.3, 0.4) is 0 Å². The minimum atomic E-state index is 0.230. The monoisotopic (exact) mass is 187 g/mol. The first-order valence-electron chi connectivity index (χ1n) is 4.16. The van der Waals surface area contributed by atoms with E-state index >= 15 is 0 Å². The molecule has 0 fully saturated rings. The van der Waals surface area contributed by atoms with Gasteiger partial charge in [0.1, 0.15) is 11.6 Å². The maximum Gasteiger partial charge on any atom is 0.175 e. The van der Waals surface area contributed by atoms with E-state index in [0.717, 1.165) is 11.4 Å². The SMILES string of the molecule is Cc1cc(C)n2nc(N)c(C#N)c2n1. The number of fused-ring (bicyclic) bond motifs is 1. The standard InChI is InChI=1S/C9H9N5/c1-5-3-6(2)14-9(12-5)7(4-10)8(11)13-14/h3H,1-2H3,(H2,11,13). The third kappa shape index (κ3) is 1.01. The van der Waals surface area contributed by atoms with Crippen LogP contribution >= 0.6 is 0 Å². The molecule has 2 rings (SSSR count). The van der Waals surface area contributed by atoms with Crippen molar-refractivity contribution in [1.82, 2.24) is 14.6 Å². The van der Waals surface area contributed by atoms with Gasteiger partial charge in [-0.25, -0.2) is 9.50 Å². The number of hydrogen-bond acceptors (Lipinski definition) is 4. The van der Waals surface area contributed by atoms with Crippen molar-refractivity contribution in [2.45, 2.75) is 13.8 Å². The van der Waals surface area contributed by atoms with E-state index in [4.69, 9.17) is 11.0 Å². The molecule has 2 N–H and O–H groups in total. The molecular weight excluding hydrogens is 178 g/mol. The van der Waals surface area contributed by atoms with Crippen LogP contribution in [0.2, 0.25) is 0 Å². The van der Waals surface area contributed by atoms with Crippen molar-refractivity contribution in [3.63, 3.8) is 0 Å². The van der Waals surface area contributed by atoms with E-state index < -0.39 is 0 Å². The first kappa shape index (κ1) is 8.51. The van der Waals surface area contributed by atoms with Crippen LogP contribution in [-0.4, -0.2) is 14.6 Å². The van der Waals surface area contributed by atoms with Crippen molar-refractivity contribution >= 4 is 11.5 Å². The number of anilines is 1. The summed E-state index contributed by atoms with van der Waals surface area (Å²) in [5.74, 6) is 0.230. The molecule has 0 saturated carbocycles. The molecule has 0 amide bonds. The Morgan fingerprint density at radius 3 is 2.86 bits per heavy atom. The Morgan fingerprint density at radius 2 is 2.21 bits per heavy atom. The Hall–Kier alpha value is -2.09. The maximum atomic E-state index is 8.86. The lowest BCUT2D eigenvalue weighted by molar-refractivity contribution is 0.890. The van der Waals surface area contributed by atoms with E-state index in [9.17, 15) is 0 Å².